The maximum absolute atomic E-state index is 9.45. The molecule has 3 nitrogen and oxygen atoms in total. The second-order valence-corrected chi connectivity index (χ2v) is 4.48. The standard InChI is InChI=1S/C11H23NO2/c1-9(10(2)13)12(3)8-11-4-6-14-7-5-11/h9-11,13H,4-8H2,1-3H3. The van der Waals surface area contributed by atoms with Gasteiger partial charge in [-0.2, -0.15) is 0 Å². The van der Waals surface area contributed by atoms with Crippen LogP contribution in [0.1, 0.15) is 26.7 Å². The summed E-state index contributed by atoms with van der Waals surface area (Å²) in [6.07, 6.45) is 2.08. The molecule has 1 saturated heterocycles. The van der Waals surface area contributed by atoms with Crippen LogP contribution in [0.3, 0.4) is 0 Å². The third kappa shape index (κ3) is 3.56. The van der Waals surface area contributed by atoms with Crippen LogP contribution in [0.25, 0.3) is 0 Å². The zero-order valence-electron chi connectivity index (χ0n) is 9.57. The van der Waals surface area contributed by atoms with Crippen molar-refractivity contribution in [2.75, 3.05) is 26.8 Å². The van der Waals surface area contributed by atoms with Gasteiger partial charge in [-0.1, -0.05) is 0 Å². The quantitative estimate of drug-likeness (QED) is 0.739. The summed E-state index contributed by atoms with van der Waals surface area (Å²) in [4.78, 5) is 2.25. The fraction of sp³-hybridized carbons (Fsp3) is 1.00. The van der Waals surface area contributed by atoms with Crippen molar-refractivity contribution in [2.24, 2.45) is 5.92 Å². The van der Waals surface area contributed by atoms with Gasteiger partial charge in [-0.05, 0) is 39.7 Å². The van der Waals surface area contributed by atoms with E-state index in [0.717, 1.165) is 38.5 Å². The molecular weight excluding hydrogens is 178 g/mol. The predicted molar refractivity (Wildman–Crippen MR) is 57.3 cm³/mol. The zero-order chi connectivity index (χ0) is 10.6. The maximum atomic E-state index is 9.45. The van der Waals surface area contributed by atoms with E-state index in [0.29, 0.717) is 0 Å². The molecule has 0 aromatic carbocycles. The molecule has 3 heteroatoms. The van der Waals surface area contributed by atoms with Gasteiger partial charge >= 0.3 is 0 Å². The Balaban J connectivity index is 2.27. The Bertz CT molecular complexity index is 155. The van der Waals surface area contributed by atoms with Crippen LogP contribution in [-0.4, -0.2) is 49.0 Å². The topological polar surface area (TPSA) is 32.7 Å². The molecule has 0 aromatic rings. The summed E-state index contributed by atoms with van der Waals surface area (Å²) < 4.78 is 5.32. The number of nitrogens with zero attached hydrogens (tertiary/aromatic N) is 1. The Morgan fingerprint density at radius 2 is 1.93 bits per heavy atom. The molecule has 1 aliphatic heterocycles. The summed E-state index contributed by atoms with van der Waals surface area (Å²) in [5, 5.41) is 9.45. The molecule has 0 amide bonds. The lowest BCUT2D eigenvalue weighted by molar-refractivity contribution is 0.0341. The predicted octanol–water partition coefficient (Wildman–Crippen LogP) is 1.11. The van der Waals surface area contributed by atoms with Gasteiger partial charge < -0.3 is 14.7 Å². The summed E-state index contributed by atoms with van der Waals surface area (Å²) in [6.45, 7) is 6.81. The summed E-state index contributed by atoms with van der Waals surface area (Å²) >= 11 is 0. The van der Waals surface area contributed by atoms with E-state index in [4.69, 9.17) is 4.74 Å². The molecule has 0 radical (unpaired) electrons. The van der Waals surface area contributed by atoms with Crippen molar-refractivity contribution in [2.45, 2.75) is 38.8 Å². The van der Waals surface area contributed by atoms with Gasteiger partial charge in [0, 0.05) is 25.8 Å². The van der Waals surface area contributed by atoms with E-state index >= 15 is 0 Å². The lowest BCUT2D eigenvalue weighted by Crippen LogP contribution is -2.41. The van der Waals surface area contributed by atoms with E-state index in [1.54, 1.807) is 0 Å². The van der Waals surface area contributed by atoms with Gasteiger partial charge in [0.1, 0.15) is 0 Å². The van der Waals surface area contributed by atoms with Crippen molar-refractivity contribution < 1.29 is 9.84 Å². The van der Waals surface area contributed by atoms with Crippen LogP contribution in [0.4, 0.5) is 0 Å². The summed E-state index contributed by atoms with van der Waals surface area (Å²) in [5.74, 6) is 0.745. The fourth-order valence-electron chi connectivity index (χ4n) is 1.87. The molecule has 1 rings (SSSR count). The van der Waals surface area contributed by atoms with Crippen LogP contribution in [0.15, 0.2) is 0 Å². The van der Waals surface area contributed by atoms with E-state index in [2.05, 4.69) is 18.9 Å². The second-order valence-electron chi connectivity index (χ2n) is 4.48. The Morgan fingerprint density at radius 3 is 2.43 bits per heavy atom. The number of aliphatic hydroxyl groups excluding tert-OH is 1. The molecule has 0 bridgehead atoms. The fourth-order valence-corrected chi connectivity index (χ4v) is 1.87. The molecule has 2 unspecified atom stereocenters. The van der Waals surface area contributed by atoms with E-state index in [9.17, 15) is 5.11 Å². The van der Waals surface area contributed by atoms with Gasteiger partial charge in [0.15, 0.2) is 0 Å². The van der Waals surface area contributed by atoms with Crippen molar-refractivity contribution in [3.8, 4) is 0 Å². The Labute approximate surface area is 87.1 Å². The minimum atomic E-state index is -0.250. The highest BCUT2D eigenvalue weighted by Crippen LogP contribution is 2.17. The number of hydrogen-bond acceptors (Lipinski definition) is 3. The first-order valence-electron chi connectivity index (χ1n) is 5.57. The molecule has 14 heavy (non-hydrogen) atoms. The lowest BCUT2D eigenvalue weighted by Gasteiger charge is -2.32. The first-order valence-corrected chi connectivity index (χ1v) is 5.57. The van der Waals surface area contributed by atoms with Crippen LogP contribution in [0, 0.1) is 5.92 Å². The van der Waals surface area contributed by atoms with Crippen molar-refractivity contribution in [1.82, 2.24) is 4.90 Å². The van der Waals surface area contributed by atoms with Gasteiger partial charge in [0.05, 0.1) is 6.10 Å². The number of likely N-dealkylation sites (N-methyl/N-ethyl adjacent to an activating group) is 1. The largest absolute Gasteiger partial charge is 0.392 e. The van der Waals surface area contributed by atoms with E-state index in [-0.39, 0.29) is 12.1 Å². The third-order valence-electron chi connectivity index (χ3n) is 3.28. The van der Waals surface area contributed by atoms with E-state index in [1.807, 2.05) is 6.92 Å². The van der Waals surface area contributed by atoms with Gasteiger partial charge in [0.25, 0.3) is 0 Å². The van der Waals surface area contributed by atoms with Gasteiger partial charge in [-0.15, -0.1) is 0 Å². The minimum Gasteiger partial charge on any atom is -0.392 e. The smallest absolute Gasteiger partial charge is 0.0664 e. The van der Waals surface area contributed by atoms with Crippen molar-refractivity contribution in [3.63, 3.8) is 0 Å². The molecule has 0 saturated carbocycles. The van der Waals surface area contributed by atoms with Crippen LogP contribution in [0.5, 0.6) is 0 Å². The van der Waals surface area contributed by atoms with Crippen LogP contribution < -0.4 is 0 Å². The monoisotopic (exact) mass is 201 g/mol. The van der Waals surface area contributed by atoms with Crippen LogP contribution in [-0.2, 0) is 4.74 Å². The Morgan fingerprint density at radius 1 is 1.36 bits per heavy atom. The molecule has 1 fully saturated rings. The Kier molecular flexibility index (Phi) is 4.85. The molecular formula is C11H23NO2. The molecule has 0 aliphatic carbocycles. The summed E-state index contributed by atoms with van der Waals surface area (Å²) in [7, 11) is 2.09. The first kappa shape index (κ1) is 12.0. The van der Waals surface area contributed by atoms with Crippen molar-refractivity contribution in [1.29, 1.82) is 0 Å². The maximum Gasteiger partial charge on any atom is 0.0664 e. The molecule has 1 heterocycles. The number of rotatable bonds is 4. The minimum absolute atomic E-state index is 0.248. The second kappa shape index (κ2) is 5.69. The Hall–Kier alpha value is -0.120. The molecule has 2 atom stereocenters. The first-order chi connectivity index (χ1) is 6.61. The average Bonchev–Trinajstić information content (AvgIpc) is 2.18. The molecule has 0 aromatic heterocycles. The normalized spacial score (nSPS) is 23.8. The van der Waals surface area contributed by atoms with Gasteiger partial charge in [0.2, 0.25) is 0 Å². The van der Waals surface area contributed by atoms with Crippen LogP contribution >= 0.6 is 0 Å². The average molecular weight is 201 g/mol. The van der Waals surface area contributed by atoms with Gasteiger partial charge in [-0.25, -0.2) is 0 Å². The highest BCUT2D eigenvalue weighted by molar-refractivity contribution is 4.73. The molecule has 0 spiro atoms. The van der Waals surface area contributed by atoms with E-state index < -0.39 is 0 Å². The van der Waals surface area contributed by atoms with Crippen molar-refractivity contribution >= 4 is 0 Å². The van der Waals surface area contributed by atoms with Crippen LogP contribution in [0.2, 0.25) is 0 Å². The lowest BCUT2D eigenvalue weighted by atomic mass is 9.99. The summed E-state index contributed by atoms with van der Waals surface area (Å²) in [6, 6.07) is 0.248. The number of aliphatic hydroxyl groups is 1. The molecule has 84 valence electrons. The SMILES string of the molecule is CC(O)C(C)N(C)CC1CCOCC1. The third-order valence-corrected chi connectivity index (χ3v) is 3.28. The number of ether oxygens (including phenoxy) is 1. The van der Waals surface area contributed by atoms with Gasteiger partial charge in [-0.3, -0.25) is 0 Å². The van der Waals surface area contributed by atoms with Crippen molar-refractivity contribution in [3.05, 3.63) is 0 Å². The number of hydrogen-bond donors (Lipinski definition) is 1. The molecule has 1 N–H and O–H groups in total. The van der Waals surface area contributed by atoms with E-state index in [1.165, 1.54) is 0 Å². The zero-order valence-corrected chi connectivity index (χ0v) is 9.57. The highest BCUT2D eigenvalue weighted by atomic mass is 16.5. The summed E-state index contributed by atoms with van der Waals surface area (Å²) in [5.41, 5.74) is 0. The highest BCUT2D eigenvalue weighted by Gasteiger charge is 2.20. The molecule has 1 aliphatic rings.